The SMILES string of the molecule is CN(C)C(=O)COC(=O)Cc1ccc(OC(=O)C2CCCc3ccc(N)cc32)cc1. The van der Waals surface area contributed by atoms with Gasteiger partial charge in [0.05, 0.1) is 12.3 Å². The molecule has 7 nitrogen and oxygen atoms in total. The zero-order valence-corrected chi connectivity index (χ0v) is 17.2. The lowest BCUT2D eigenvalue weighted by Crippen LogP contribution is -2.27. The fraction of sp³-hybridized carbons (Fsp3) is 0.348. The summed E-state index contributed by atoms with van der Waals surface area (Å²) in [6.07, 6.45) is 2.62. The molecule has 7 heteroatoms. The number of anilines is 1. The maximum atomic E-state index is 12.7. The summed E-state index contributed by atoms with van der Waals surface area (Å²) in [5.74, 6) is -1.00. The van der Waals surface area contributed by atoms with Crippen LogP contribution in [0.3, 0.4) is 0 Å². The van der Waals surface area contributed by atoms with Crippen molar-refractivity contribution in [3.8, 4) is 5.75 Å². The number of nitrogens with two attached hydrogens (primary N) is 1. The van der Waals surface area contributed by atoms with Crippen molar-refractivity contribution in [2.24, 2.45) is 0 Å². The summed E-state index contributed by atoms with van der Waals surface area (Å²) in [4.78, 5) is 37.4. The summed E-state index contributed by atoms with van der Waals surface area (Å²) in [7, 11) is 3.19. The van der Waals surface area contributed by atoms with E-state index in [0.29, 0.717) is 17.0 Å². The van der Waals surface area contributed by atoms with Gasteiger partial charge in [0.1, 0.15) is 5.75 Å². The molecule has 0 heterocycles. The molecule has 0 bridgehead atoms. The Morgan fingerprint density at radius 2 is 1.83 bits per heavy atom. The molecule has 2 aromatic rings. The predicted octanol–water partition coefficient (Wildman–Crippen LogP) is 2.47. The molecule has 1 amide bonds. The number of fused-ring (bicyclic) bond motifs is 1. The lowest BCUT2D eigenvalue weighted by atomic mass is 9.82. The van der Waals surface area contributed by atoms with Gasteiger partial charge in [0.25, 0.3) is 5.91 Å². The molecule has 1 aliphatic rings. The Bertz CT molecular complexity index is 937. The van der Waals surface area contributed by atoms with Crippen LogP contribution in [0.5, 0.6) is 5.75 Å². The lowest BCUT2D eigenvalue weighted by Gasteiger charge is -2.24. The van der Waals surface area contributed by atoms with Crippen molar-refractivity contribution in [3.05, 3.63) is 59.2 Å². The molecular weight excluding hydrogens is 384 g/mol. The number of nitrogens with zero attached hydrogens (tertiary/aromatic N) is 1. The number of hydrogen-bond acceptors (Lipinski definition) is 6. The molecule has 1 aliphatic carbocycles. The number of ether oxygens (including phenoxy) is 2. The number of carbonyl (C=O) groups excluding carboxylic acids is 3. The maximum Gasteiger partial charge on any atom is 0.318 e. The van der Waals surface area contributed by atoms with Crippen LogP contribution >= 0.6 is 0 Å². The highest BCUT2D eigenvalue weighted by Crippen LogP contribution is 2.34. The molecule has 0 aromatic heterocycles. The van der Waals surface area contributed by atoms with Gasteiger partial charge in [0.2, 0.25) is 0 Å². The monoisotopic (exact) mass is 410 g/mol. The van der Waals surface area contributed by atoms with Gasteiger partial charge in [-0.15, -0.1) is 0 Å². The van der Waals surface area contributed by atoms with Crippen molar-refractivity contribution in [1.82, 2.24) is 4.90 Å². The summed E-state index contributed by atoms with van der Waals surface area (Å²) in [5.41, 5.74) is 9.31. The molecule has 0 saturated carbocycles. The zero-order valence-electron chi connectivity index (χ0n) is 17.2. The van der Waals surface area contributed by atoms with Crippen molar-refractivity contribution in [2.45, 2.75) is 31.6 Å². The highest BCUT2D eigenvalue weighted by atomic mass is 16.5. The van der Waals surface area contributed by atoms with Gasteiger partial charge in [0, 0.05) is 19.8 Å². The zero-order chi connectivity index (χ0) is 21.7. The summed E-state index contributed by atoms with van der Waals surface area (Å²) in [5, 5.41) is 0. The van der Waals surface area contributed by atoms with Crippen LogP contribution < -0.4 is 10.5 Å². The summed E-state index contributed by atoms with van der Waals surface area (Å²) in [6, 6.07) is 12.4. The van der Waals surface area contributed by atoms with E-state index in [2.05, 4.69) is 0 Å². The van der Waals surface area contributed by atoms with Crippen LogP contribution in [0.2, 0.25) is 0 Å². The highest BCUT2D eigenvalue weighted by Gasteiger charge is 2.28. The second-order valence-corrected chi connectivity index (χ2v) is 7.59. The molecule has 0 fully saturated rings. The molecule has 0 aliphatic heterocycles. The number of hydrogen-bond donors (Lipinski definition) is 1. The number of esters is 2. The van der Waals surface area contributed by atoms with E-state index in [1.165, 1.54) is 4.90 Å². The third kappa shape index (κ3) is 5.37. The summed E-state index contributed by atoms with van der Waals surface area (Å²) >= 11 is 0. The smallest absolute Gasteiger partial charge is 0.318 e. The second kappa shape index (κ2) is 9.43. The largest absolute Gasteiger partial charge is 0.455 e. The van der Waals surface area contributed by atoms with Crippen LogP contribution in [0.1, 0.15) is 35.4 Å². The molecule has 1 atom stereocenters. The molecular formula is C23H26N2O5. The van der Waals surface area contributed by atoms with Gasteiger partial charge in [-0.05, 0) is 60.2 Å². The van der Waals surface area contributed by atoms with Crippen LogP contribution in [0.4, 0.5) is 5.69 Å². The number of benzene rings is 2. The first-order chi connectivity index (χ1) is 14.3. The number of amides is 1. The van der Waals surface area contributed by atoms with Crippen LogP contribution in [0.25, 0.3) is 0 Å². The van der Waals surface area contributed by atoms with E-state index in [-0.39, 0.29) is 30.8 Å². The Morgan fingerprint density at radius 1 is 1.10 bits per heavy atom. The first kappa shape index (κ1) is 21.4. The topological polar surface area (TPSA) is 98.9 Å². The number of rotatable bonds is 6. The van der Waals surface area contributed by atoms with E-state index in [4.69, 9.17) is 15.2 Å². The Hall–Kier alpha value is -3.35. The Labute approximate surface area is 175 Å². The van der Waals surface area contributed by atoms with Crippen LogP contribution in [-0.2, 0) is 32.0 Å². The maximum absolute atomic E-state index is 12.7. The van der Waals surface area contributed by atoms with Crippen molar-refractivity contribution in [2.75, 3.05) is 26.4 Å². The Kier molecular flexibility index (Phi) is 6.72. The molecule has 2 aromatic carbocycles. The first-order valence-corrected chi connectivity index (χ1v) is 9.88. The number of likely N-dealkylation sites (N-methyl/N-ethyl adjacent to an activating group) is 1. The van der Waals surface area contributed by atoms with Crippen molar-refractivity contribution < 1.29 is 23.9 Å². The van der Waals surface area contributed by atoms with Gasteiger partial charge < -0.3 is 20.1 Å². The van der Waals surface area contributed by atoms with Gasteiger partial charge >= 0.3 is 11.9 Å². The van der Waals surface area contributed by atoms with Crippen molar-refractivity contribution in [3.63, 3.8) is 0 Å². The van der Waals surface area contributed by atoms with Crippen molar-refractivity contribution >= 4 is 23.5 Å². The molecule has 3 rings (SSSR count). The van der Waals surface area contributed by atoms with Gasteiger partial charge in [-0.2, -0.15) is 0 Å². The first-order valence-electron chi connectivity index (χ1n) is 9.88. The predicted molar refractivity (Wildman–Crippen MR) is 112 cm³/mol. The molecule has 2 N–H and O–H groups in total. The molecule has 0 saturated heterocycles. The number of carbonyl (C=O) groups is 3. The third-order valence-electron chi connectivity index (χ3n) is 5.11. The fourth-order valence-corrected chi connectivity index (χ4v) is 3.41. The molecule has 0 spiro atoms. The van der Waals surface area contributed by atoms with E-state index in [1.807, 2.05) is 18.2 Å². The molecule has 0 radical (unpaired) electrons. The molecule has 1 unspecified atom stereocenters. The van der Waals surface area contributed by atoms with Gasteiger partial charge in [-0.25, -0.2) is 0 Å². The highest BCUT2D eigenvalue weighted by molar-refractivity contribution is 5.82. The summed E-state index contributed by atoms with van der Waals surface area (Å²) < 4.78 is 10.5. The van der Waals surface area contributed by atoms with E-state index in [0.717, 1.165) is 30.4 Å². The average Bonchev–Trinajstić information content (AvgIpc) is 2.72. The fourth-order valence-electron chi connectivity index (χ4n) is 3.41. The van der Waals surface area contributed by atoms with E-state index in [1.54, 1.807) is 38.4 Å². The minimum absolute atomic E-state index is 0.0320. The van der Waals surface area contributed by atoms with Gasteiger partial charge in [-0.3, -0.25) is 14.4 Å². The summed E-state index contributed by atoms with van der Waals surface area (Å²) in [6.45, 7) is -0.283. The van der Waals surface area contributed by atoms with E-state index in [9.17, 15) is 14.4 Å². The second-order valence-electron chi connectivity index (χ2n) is 7.59. The van der Waals surface area contributed by atoms with Gasteiger partial charge in [0.15, 0.2) is 6.61 Å². The van der Waals surface area contributed by atoms with Crippen LogP contribution in [0.15, 0.2) is 42.5 Å². The van der Waals surface area contributed by atoms with Gasteiger partial charge in [-0.1, -0.05) is 18.2 Å². The lowest BCUT2D eigenvalue weighted by molar-refractivity contribution is -0.150. The standard InChI is InChI=1S/C23H26N2O5/c1-25(2)21(26)14-29-22(27)12-15-6-10-18(11-7-15)30-23(28)19-5-3-4-16-8-9-17(24)13-20(16)19/h6-11,13,19H,3-5,12,14,24H2,1-2H3. The number of nitrogen functional groups attached to an aromatic ring is 1. The van der Waals surface area contributed by atoms with E-state index < -0.39 is 5.97 Å². The molecule has 30 heavy (non-hydrogen) atoms. The van der Waals surface area contributed by atoms with Crippen LogP contribution in [-0.4, -0.2) is 43.4 Å². The normalized spacial score (nSPS) is 15.1. The quantitative estimate of drug-likeness (QED) is 0.446. The third-order valence-corrected chi connectivity index (χ3v) is 5.11. The Balaban J connectivity index is 1.57. The van der Waals surface area contributed by atoms with E-state index >= 15 is 0 Å². The minimum atomic E-state index is -0.494. The van der Waals surface area contributed by atoms with Crippen molar-refractivity contribution in [1.29, 1.82) is 0 Å². The Morgan fingerprint density at radius 3 is 2.53 bits per heavy atom. The van der Waals surface area contributed by atoms with Crippen LogP contribution in [0, 0.1) is 0 Å². The number of aryl methyl sites for hydroxylation is 1. The average molecular weight is 410 g/mol. The minimum Gasteiger partial charge on any atom is -0.455 e. The molecule has 158 valence electrons.